The number of rotatable bonds is 3. The number of benzene rings is 2. The molecule has 0 fully saturated rings. The van der Waals surface area contributed by atoms with Crippen molar-refractivity contribution in [3.05, 3.63) is 79.3 Å². The maximum Gasteiger partial charge on any atom is 0.443 e. The van der Waals surface area contributed by atoms with Crippen molar-refractivity contribution in [1.82, 2.24) is 0 Å². The average Bonchev–Trinajstić information content (AvgIpc) is 2.97. The monoisotopic (exact) mass is 448 g/mol. The first-order chi connectivity index (χ1) is 12.2. The molecule has 0 saturated carbocycles. The van der Waals surface area contributed by atoms with Crippen LogP contribution in [-0.4, -0.2) is 22.9 Å². The second-order valence-corrected chi connectivity index (χ2v) is 6.86. The van der Waals surface area contributed by atoms with E-state index in [-0.39, 0.29) is 10.6 Å². The van der Waals surface area contributed by atoms with Gasteiger partial charge in [0.1, 0.15) is 0 Å². The van der Waals surface area contributed by atoms with Crippen LogP contribution in [0.5, 0.6) is 0 Å². The second kappa shape index (κ2) is 6.55. The Balaban J connectivity index is 2.20. The van der Waals surface area contributed by atoms with Crippen molar-refractivity contribution >= 4 is 33.2 Å². The molecule has 0 aromatic heterocycles. The number of hydrogen-bond donors (Lipinski definition) is 0. The molecule has 10 heteroatoms. The van der Waals surface area contributed by atoms with Gasteiger partial charge in [0.2, 0.25) is 0 Å². The van der Waals surface area contributed by atoms with Gasteiger partial charge in [0, 0.05) is 25.5 Å². The number of hydrogen-bond acceptors (Lipinski definition) is 4. The van der Waals surface area contributed by atoms with Gasteiger partial charge < -0.3 is 4.84 Å². The van der Waals surface area contributed by atoms with Crippen LogP contribution in [0.3, 0.4) is 0 Å². The second-order valence-electron chi connectivity index (χ2n) is 5.51. The van der Waals surface area contributed by atoms with Crippen LogP contribution < -0.4 is 0 Å². The van der Waals surface area contributed by atoms with Crippen LogP contribution in [-0.2, 0) is 10.4 Å². The van der Waals surface area contributed by atoms with Crippen molar-refractivity contribution < 1.29 is 22.9 Å². The zero-order valence-electron chi connectivity index (χ0n) is 12.7. The van der Waals surface area contributed by atoms with E-state index in [0.717, 1.165) is 12.1 Å². The number of alkyl halides is 3. The Morgan fingerprint density at radius 3 is 2.42 bits per heavy atom. The Hall–Kier alpha value is -2.13. The molecule has 136 valence electrons. The van der Waals surface area contributed by atoms with Crippen molar-refractivity contribution in [2.24, 2.45) is 5.16 Å². The summed E-state index contributed by atoms with van der Waals surface area (Å²) < 4.78 is 42.8. The average molecular weight is 450 g/mol. The highest BCUT2D eigenvalue weighted by atomic mass is 79.9. The number of nitrogens with zero attached hydrogens (tertiary/aromatic N) is 2. The maximum atomic E-state index is 14.0. The highest BCUT2D eigenvalue weighted by molar-refractivity contribution is 9.10. The van der Waals surface area contributed by atoms with E-state index in [4.69, 9.17) is 16.4 Å². The minimum Gasteiger partial charge on any atom is -0.366 e. The zero-order chi connectivity index (χ0) is 19.1. The highest BCUT2D eigenvalue weighted by Gasteiger charge is 2.74. The molecule has 2 aromatic rings. The van der Waals surface area contributed by atoms with Gasteiger partial charge in [-0.2, -0.15) is 13.2 Å². The summed E-state index contributed by atoms with van der Waals surface area (Å²) in [6, 6.07) is 8.35. The van der Waals surface area contributed by atoms with Gasteiger partial charge in [-0.15, -0.1) is 0 Å². The molecule has 5 nitrogen and oxygen atoms in total. The summed E-state index contributed by atoms with van der Waals surface area (Å²) in [7, 11) is 0. The minimum absolute atomic E-state index is 0.00563. The van der Waals surface area contributed by atoms with Crippen molar-refractivity contribution in [2.45, 2.75) is 17.8 Å². The lowest BCUT2D eigenvalue weighted by molar-refractivity contribution is -0.540. The molecule has 0 spiro atoms. The molecule has 0 aliphatic carbocycles. The summed E-state index contributed by atoms with van der Waals surface area (Å²) in [5.41, 5.74) is -4.03. The van der Waals surface area contributed by atoms with Gasteiger partial charge in [0.05, 0.1) is 0 Å². The molecular weight excluding hydrogens is 441 g/mol. The third kappa shape index (κ3) is 2.95. The van der Waals surface area contributed by atoms with Crippen LogP contribution in [0.25, 0.3) is 0 Å². The van der Waals surface area contributed by atoms with Crippen LogP contribution in [0, 0.1) is 10.1 Å². The Labute approximate surface area is 158 Å². The van der Waals surface area contributed by atoms with Gasteiger partial charge in [-0.3, -0.25) is 10.1 Å². The lowest BCUT2D eigenvalue weighted by Gasteiger charge is -2.30. The molecule has 0 bridgehead atoms. The summed E-state index contributed by atoms with van der Waals surface area (Å²) >= 11 is 9.00. The van der Waals surface area contributed by atoms with Crippen molar-refractivity contribution in [3.8, 4) is 0 Å². The molecule has 0 saturated heterocycles. The summed E-state index contributed by atoms with van der Waals surface area (Å²) in [6.45, 7) is 0. The van der Waals surface area contributed by atoms with Gasteiger partial charge in [-0.25, -0.2) is 0 Å². The molecule has 0 radical (unpaired) electrons. The number of oxime groups is 1. The maximum absolute atomic E-state index is 14.0. The van der Waals surface area contributed by atoms with E-state index in [2.05, 4.69) is 21.1 Å². The van der Waals surface area contributed by atoms with E-state index < -0.39 is 34.0 Å². The Bertz CT molecular complexity index is 889. The van der Waals surface area contributed by atoms with E-state index >= 15 is 0 Å². The standard InChI is InChI=1S/C16H9BrClF3N2O3/c17-11-6-4-9(5-7-11)13-14(23(24)25)15(26-22-13,16(19,20)21)10-2-1-3-12(18)8-10/h1-8,14H/t14-,15-/m0/s1. The summed E-state index contributed by atoms with van der Waals surface area (Å²) in [4.78, 5) is 15.4. The molecule has 0 amide bonds. The number of nitro groups is 1. The molecule has 2 atom stereocenters. The van der Waals surface area contributed by atoms with E-state index in [1.54, 1.807) is 12.1 Å². The van der Waals surface area contributed by atoms with Crippen molar-refractivity contribution in [2.75, 3.05) is 0 Å². The molecule has 1 aliphatic rings. The van der Waals surface area contributed by atoms with Gasteiger partial charge in [-0.1, -0.05) is 57.0 Å². The molecule has 1 heterocycles. The predicted octanol–water partition coefficient (Wildman–Crippen LogP) is 4.94. The van der Waals surface area contributed by atoms with Crippen molar-refractivity contribution in [3.63, 3.8) is 0 Å². The SMILES string of the molecule is O=[N+]([O-])[C@H]1C(c2ccc(Br)cc2)=NO[C@]1(c1cccc(Cl)c1)C(F)(F)F. The van der Waals surface area contributed by atoms with E-state index in [9.17, 15) is 23.3 Å². The van der Waals surface area contributed by atoms with Gasteiger partial charge in [0.25, 0.3) is 0 Å². The smallest absolute Gasteiger partial charge is 0.366 e. The van der Waals surface area contributed by atoms with Crippen LogP contribution in [0.1, 0.15) is 11.1 Å². The molecule has 2 aromatic carbocycles. The fourth-order valence-corrected chi connectivity index (χ4v) is 3.25. The third-order valence-corrected chi connectivity index (χ3v) is 4.72. The zero-order valence-corrected chi connectivity index (χ0v) is 15.0. The molecule has 0 unspecified atom stereocenters. The first kappa shape index (κ1) is 18.7. The first-order valence-electron chi connectivity index (χ1n) is 7.15. The lowest BCUT2D eigenvalue weighted by atomic mass is 9.82. The van der Waals surface area contributed by atoms with Crippen LogP contribution in [0.4, 0.5) is 13.2 Å². The summed E-state index contributed by atoms with van der Waals surface area (Å²) in [6.07, 6.45) is -5.12. The van der Waals surface area contributed by atoms with E-state index in [1.807, 2.05) is 0 Å². The first-order valence-corrected chi connectivity index (χ1v) is 8.32. The minimum atomic E-state index is -5.12. The van der Waals surface area contributed by atoms with E-state index in [1.165, 1.54) is 24.3 Å². The van der Waals surface area contributed by atoms with Crippen LogP contribution in [0.15, 0.2) is 58.2 Å². The molecule has 0 N–H and O–H groups in total. The molecule has 26 heavy (non-hydrogen) atoms. The topological polar surface area (TPSA) is 64.7 Å². The van der Waals surface area contributed by atoms with Gasteiger partial charge in [0.15, 0.2) is 5.71 Å². The fourth-order valence-electron chi connectivity index (χ4n) is 2.79. The van der Waals surface area contributed by atoms with Crippen molar-refractivity contribution in [1.29, 1.82) is 0 Å². The van der Waals surface area contributed by atoms with Crippen LogP contribution in [0.2, 0.25) is 5.02 Å². The van der Waals surface area contributed by atoms with E-state index in [0.29, 0.717) is 4.47 Å². The molecule has 1 aliphatic heterocycles. The fraction of sp³-hybridized carbons (Fsp3) is 0.188. The van der Waals surface area contributed by atoms with Gasteiger partial charge in [-0.05, 0) is 24.3 Å². The van der Waals surface area contributed by atoms with Gasteiger partial charge >= 0.3 is 17.8 Å². The quantitative estimate of drug-likeness (QED) is 0.492. The third-order valence-electron chi connectivity index (χ3n) is 3.96. The van der Waals surface area contributed by atoms with Crippen LogP contribution >= 0.6 is 27.5 Å². The Kier molecular flexibility index (Phi) is 4.70. The normalized spacial score (nSPS) is 22.7. The Morgan fingerprint density at radius 1 is 1.23 bits per heavy atom. The molecule has 3 rings (SSSR count). The largest absolute Gasteiger partial charge is 0.443 e. The Morgan fingerprint density at radius 2 is 1.88 bits per heavy atom. The molecular formula is C16H9BrClF3N2O3. The predicted molar refractivity (Wildman–Crippen MR) is 91.7 cm³/mol. The lowest BCUT2D eigenvalue weighted by Crippen LogP contribution is -2.55. The highest BCUT2D eigenvalue weighted by Crippen LogP contribution is 2.50. The summed E-state index contributed by atoms with van der Waals surface area (Å²) in [5.74, 6) is 0. The summed E-state index contributed by atoms with van der Waals surface area (Å²) in [5, 5.41) is 15.1. The number of halogens is 5.